The van der Waals surface area contributed by atoms with Crippen LogP contribution in [-0.4, -0.2) is 50.1 Å². The lowest BCUT2D eigenvalue weighted by Gasteiger charge is -2.29. The van der Waals surface area contributed by atoms with Gasteiger partial charge in [-0.15, -0.1) is 0 Å². The van der Waals surface area contributed by atoms with Gasteiger partial charge in [0.2, 0.25) is 5.91 Å². The smallest absolute Gasteiger partial charge is 0.340 e. The number of amides is 2. The molecule has 0 saturated heterocycles. The van der Waals surface area contributed by atoms with Crippen molar-refractivity contribution < 1.29 is 28.6 Å². The second-order valence-corrected chi connectivity index (χ2v) is 8.37. The molecule has 1 aliphatic heterocycles. The predicted molar refractivity (Wildman–Crippen MR) is 134 cm³/mol. The third kappa shape index (κ3) is 5.83. The minimum atomic E-state index is -0.678. The quantitative estimate of drug-likeness (QED) is 0.487. The Morgan fingerprint density at radius 2 is 1.56 bits per heavy atom. The molecule has 1 heterocycles. The number of rotatable bonds is 8. The van der Waals surface area contributed by atoms with Gasteiger partial charge in [-0.2, -0.15) is 0 Å². The number of hydrogen-bond donors (Lipinski definition) is 1. The first kappa shape index (κ1) is 24.8. The second kappa shape index (κ2) is 11.4. The van der Waals surface area contributed by atoms with Gasteiger partial charge < -0.3 is 24.4 Å². The van der Waals surface area contributed by atoms with E-state index in [4.69, 9.17) is 14.2 Å². The molecule has 2 amide bonds. The van der Waals surface area contributed by atoms with Crippen molar-refractivity contribution in [1.29, 1.82) is 0 Å². The van der Waals surface area contributed by atoms with E-state index < -0.39 is 12.6 Å². The maximum absolute atomic E-state index is 12.8. The summed E-state index contributed by atoms with van der Waals surface area (Å²) in [6.45, 7) is 0.497. The van der Waals surface area contributed by atoms with Gasteiger partial charge in [0.05, 0.1) is 31.9 Å². The first-order valence-electron chi connectivity index (χ1n) is 11.6. The minimum absolute atomic E-state index is 0.176. The van der Waals surface area contributed by atoms with Crippen molar-refractivity contribution in [2.75, 3.05) is 32.7 Å². The van der Waals surface area contributed by atoms with Crippen LogP contribution in [0.25, 0.3) is 0 Å². The van der Waals surface area contributed by atoms with Crippen LogP contribution in [0.5, 0.6) is 11.5 Å². The summed E-state index contributed by atoms with van der Waals surface area (Å²) in [7, 11) is 3.15. The molecule has 0 atom stereocenters. The maximum atomic E-state index is 12.8. The molecule has 4 rings (SSSR count). The van der Waals surface area contributed by atoms with Gasteiger partial charge >= 0.3 is 5.97 Å². The van der Waals surface area contributed by atoms with Crippen LogP contribution < -0.4 is 14.8 Å². The molecule has 36 heavy (non-hydrogen) atoms. The van der Waals surface area contributed by atoms with Crippen LogP contribution in [0.3, 0.4) is 0 Å². The molecule has 3 aromatic rings. The Bertz CT molecular complexity index is 1260. The molecule has 0 fully saturated rings. The molecule has 1 N–H and O–H groups in total. The number of methoxy groups -OCH3 is 2. The number of hydrogen-bond acceptors (Lipinski definition) is 6. The number of anilines is 1. The van der Waals surface area contributed by atoms with Crippen LogP contribution in [0.4, 0.5) is 5.69 Å². The molecule has 0 aliphatic carbocycles. The molecule has 0 aromatic heterocycles. The van der Waals surface area contributed by atoms with Gasteiger partial charge in [0.25, 0.3) is 5.91 Å². The lowest BCUT2D eigenvalue weighted by Crippen LogP contribution is -2.38. The van der Waals surface area contributed by atoms with Gasteiger partial charge in [-0.3, -0.25) is 9.59 Å². The summed E-state index contributed by atoms with van der Waals surface area (Å²) < 4.78 is 16.1. The van der Waals surface area contributed by atoms with Crippen molar-refractivity contribution in [1.82, 2.24) is 4.90 Å². The van der Waals surface area contributed by atoms with Crippen LogP contribution in [0.1, 0.15) is 27.0 Å². The van der Waals surface area contributed by atoms with Crippen molar-refractivity contribution in [2.24, 2.45) is 0 Å². The molecule has 3 aromatic carbocycles. The zero-order chi connectivity index (χ0) is 25.5. The number of ether oxygens (including phenoxy) is 3. The Hall–Kier alpha value is -4.33. The van der Waals surface area contributed by atoms with E-state index >= 15 is 0 Å². The second-order valence-electron chi connectivity index (χ2n) is 8.37. The van der Waals surface area contributed by atoms with Gasteiger partial charge in [0.1, 0.15) is 0 Å². The normalized spacial score (nSPS) is 12.3. The molecule has 8 heteroatoms. The average Bonchev–Trinajstić information content (AvgIpc) is 2.91. The van der Waals surface area contributed by atoms with Gasteiger partial charge in [0.15, 0.2) is 18.1 Å². The number of para-hydroxylation sites is 1. The third-order valence-electron chi connectivity index (χ3n) is 6.03. The molecule has 186 valence electrons. The highest BCUT2D eigenvalue weighted by Crippen LogP contribution is 2.33. The Labute approximate surface area is 209 Å². The molecular formula is C28H28N2O6. The molecular weight excluding hydrogens is 460 g/mol. The number of fused-ring (bicyclic) bond motifs is 1. The van der Waals surface area contributed by atoms with E-state index in [9.17, 15) is 14.4 Å². The van der Waals surface area contributed by atoms with E-state index in [1.165, 1.54) is 0 Å². The highest BCUT2D eigenvalue weighted by atomic mass is 16.5. The Kier molecular flexibility index (Phi) is 7.85. The standard InChI is InChI=1S/C28H28N2O6/c1-34-24-15-20-12-13-30(17-21(20)16-25(24)35-2)27(32)18-36-28(33)22-10-6-7-11-23(22)29-26(31)14-19-8-4-3-5-9-19/h3-11,15-16H,12-14,17-18H2,1-2H3,(H,29,31). The number of nitrogens with one attached hydrogen (secondary N) is 1. The van der Waals surface area contributed by atoms with Gasteiger partial charge in [-0.05, 0) is 47.4 Å². The van der Waals surface area contributed by atoms with Crippen LogP contribution in [0, 0.1) is 0 Å². The lowest BCUT2D eigenvalue weighted by molar-refractivity contribution is -0.135. The summed E-state index contributed by atoms with van der Waals surface area (Å²) in [4.78, 5) is 39.7. The zero-order valence-corrected chi connectivity index (χ0v) is 20.3. The van der Waals surface area contributed by atoms with Crippen molar-refractivity contribution in [2.45, 2.75) is 19.4 Å². The molecule has 8 nitrogen and oxygen atoms in total. The Balaban J connectivity index is 1.36. The molecule has 0 saturated carbocycles. The summed E-state index contributed by atoms with van der Waals surface area (Å²) in [6, 6.07) is 19.7. The molecule has 0 bridgehead atoms. The van der Waals surface area contributed by atoms with E-state index in [2.05, 4.69) is 5.32 Å². The first-order chi connectivity index (χ1) is 17.5. The summed E-state index contributed by atoms with van der Waals surface area (Å²) in [5.41, 5.74) is 3.44. The minimum Gasteiger partial charge on any atom is -0.493 e. The van der Waals surface area contributed by atoms with Gasteiger partial charge in [0, 0.05) is 13.1 Å². The first-order valence-corrected chi connectivity index (χ1v) is 11.6. The van der Waals surface area contributed by atoms with E-state index in [1.54, 1.807) is 43.4 Å². The van der Waals surface area contributed by atoms with Crippen molar-refractivity contribution >= 4 is 23.5 Å². The zero-order valence-electron chi connectivity index (χ0n) is 20.3. The van der Waals surface area contributed by atoms with Crippen molar-refractivity contribution in [3.8, 4) is 11.5 Å². The molecule has 0 unspecified atom stereocenters. The molecule has 1 aliphatic rings. The van der Waals surface area contributed by atoms with E-state index in [1.807, 2.05) is 42.5 Å². The number of benzene rings is 3. The summed E-state index contributed by atoms with van der Waals surface area (Å²) in [5.74, 6) is 0.0242. The number of esters is 1. The topological polar surface area (TPSA) is 94.2 Å². The van der Waals surface area contributed by atoms with Crippen molar-refractivity contribution in [3.63, 3.8) is 0 Å². The van der Waals surface area contributed by atoms with E-state index in [0.29, 0.717) is 36.7 Å². The third-order valence-corrected chi connectivity index (χ3v) is 6.03. The Morgan fingerprint density at radius 3 is 2.28 bits per heavy atom. The largest absolute Gasteiger partial charge is 0.493 e. The summed E-state index contributed by atoms with van der Waals surface area (Å²) >= 11 is 0. The van der Waals surface area contributed by atoms with E-state index in [-0.39, 0.29) is 23.8 Å². The van der Waals surface area contributed by atoms with Gasteiger partial charge in [-0.25, -0.2) is 4.79 Å². The fourth-order valence-electron chi connectivity index (χ4n) is 4.14. The summed E-state index contributed by atoms with van der Waals surface area (Å²) in [5, 5.41) is 2.76. The van der Waals surface area contributed by atoms with Gasteiger partial charge in [-0.1, -0.05) is 42.5 Å². The highest BCUT2D eigenvalue weighted by molar-refractivity contribution is 6.02. The highest BCUT2D eigenvalue weighted by Gasteiger charge is 2.24. The SMILES string of the molecule is COc1cc2c(cc1OC)CN(C(=O)COC(=O)c1ccccc1NC(=O)Cc1ccccc1)CC2. The maximum Gasteiger partial charge on any atom is 0.340 e. The molecule has 0 radical (unpaired) electrons. The number of carbonyl (C=O) groups is 3. The van der Waals surface area contributed by atoms with Crippen LogP contribution in [0.15, 0.2) is 66.7 Å². The predicted octanol–water partition coefficient (Wildman–Crippen LogP) is 3.63. The molecule has 0 spiro atoms. The fourth-order valence-corrected chi connectivity index (χ4v) is 4.14. The summed E-state index contributed by atoms with van der Waals surface area (Å²) in [6.07, 6.45) is 0.835. The van der Waals surface area contributed by atoms with Crippen LogP contribution >= 0.6 is 0 Å². The van der Waals surface area contributed by atoms with Crippen LogP contribution in [0.2, 0.25) is 0 Å². The monoisotopic (exact) mass is 488 g/mol. The average molecular weight is 489 g/mol. The lowest BCUT2D eigenvalue weighted by atomic mass is 9.99. The van der Waals surface area contributed by atoms with Crippen LogP contribution in [-0.2, 0) is 33.7 Å². The number of carbonyl (C=O) groups excluding carboxylic acids is 3. The Morgan fingerprint density at radius 1 is 0.889 bits per heavy atom. The fraction of sp³-hybridized carbons (Fsp3) is 0.250. The number of nitrogens with zero attached hydrogens (tertiary/aromatic N) is 1. The van der Waals surface area contributed by atoms with Crippen molar-refractivity contribution in [3.05, 3.63) is 89.0 Å². The van der Waals surface area contributed by atoms with E-state index in [0.717, 1.165) is 16.7 Å².